The van der Waals surface area contributed by atoms with Crippen molar-refractivity contribution in [3.8, 4) is 5.75 Å². The number of carbonyl (C=O) groups is 2. The van der Waals surface area contributed by atoms with E-state index in [-0.39, 0.29) is 24.5 Å². The van der Waals surface area contributed by atoms with Crippen LogP contribution in [0.5, 0.6) is 5.75 Å². The van der Waals surface area contributed by atoms with E-state index in [1.54, 1.807) is 20.8 Å². The number of phenols is 1. The average molecular weight is 330 g/mol. The molecule has 1 aromatic rings. The van der Waals surface area contributed by atoms with E-state index in [0.717, 1.165) is 0 Å². The molecule has 1 rings (SSSR count). The number of amides is 3. The van der Waals surface area contributed by atoms with Crippen LogP contribution in [0.1, 0.15) is 20.8 Å². The highest BCUT2D eigenvalue weighted by molar-refractivity contribution is 6.31. The molecule has 0 heterocycles. The Bertz CT molecular complexity index is 543. The Balaban J connectivity index is 2.29. The number of benzene rings is 1. The number of alkyl carbamates (subject to hydrolysis) is 1. The smallest absolute Gasteiger partial charge is 0.407 e. The predicted octanol–water partition coefficient (Wildman–Crippen LogP) is 2.69. The molecule has 0 saturated heterocycles. The molecule has 0 aliphatic carbocycles. The van der Waals surface area contributed by atoms with Gasteiger partial charge in [0.1, 0.15) is 11.4 Å². The van der Waals surface area contributed by atoms with E-state index in [0.29, 0.717) is 5.02 Å². The van der Waals surface area contributed by atoms with Crippen LogP contribution in [0.25, 0.3) is 0 Å². The monoisotopic (exact) mass is 329 g/mol. The van der Waals surface area contributed by atoms with Crippen molar-refractivity contribution in [2.24, 2.45) is 0 Å². The molecule has 1 aromatic carbocycles. The second kappa shape index (κ2) is 7.74. The summed E-state index contributed by atoms with van der Waals surface area (Å²) in [6, 6.07) is 3.78. The van der Waals surface area contributed by atoms with Crippen molar-refractivity contribution in [2.75, 3.05) is 18.4 Å². The first-order valence-electron chi connectivity index (χ1n) is 6.67. The van der Waals surface area contributed by atoms with E-state index in [9.17, 15) is 14.7 Å². The van der Waals surface area contributed by atoms with Crippen LogP contribution in [0.15, 0.2) is 18.2 Å². The Labute approximate surface area is 134 Å². The topological polar surface area (TPSA) is 99.7 Å². The number of ether oxygens (including phenoxy) is 1. The summed E-state index contributed by atoms with van der Waals surface area (Å²) in [5.41, 5.74) is -0.371. The Hall–Kier alpha value is -2.15. The van der Waals surface area contributed by atoms with Gasteiger partial charge in [0.15, 0.2) is 0 Å². The zero-order chi connectivity index (χ0) is 16.8. The van der Waals surface area contributed by atoms with Gasteiger partial charge in [-0.2, -0.15) is 0 Å². The number of hydrogen-bond acceptors (Lipinski definition) is 4. The number of halogens is 1. The van der Waals surface area contributed by atoms with Gasteiger partial charge < -0.3 is 25.8 Å². The summed E-state index contributed by atoms with van der Waals surface area (Å²) >= 11 is 5.77. The molecule has 0 aliphatic heterocycles. The summed E-state index contributed by atoms with van der Waals surface area (Å²) in [6.45, 7) is 5.69. The quantitative estimate of drug-likeness (QED) is 0.504. The second-order valence-electron chi connectivity index (χ2n) is 5.47. The van der Waals surface area contributed by atoms with Crippen LogP contribution in [0, 0.1) is 0 Å². The fraction of sp³-hybridized carbons (Fsp3) is 0.429. The molecule has 0 radical (unpaired) electrons. The molecular formula is C14H20ClN3O4. The molecule has 122 valence electrons. The van der Waals surface area contributed by atoms with Crippen molar-refractivity contribution in [3.63, 3.8) is 0 Å². The molecule has 0 bridgehead atoms. The number of aromatic hydroxyl groups is 1. The Morgan fingerprint density at radius 3 is 2.50 bits per heavy atom. The van der Waals surface area contributed by atoms with Crippen LogP contribution in [0.3, 0.4) is 0 Å². The van der Waals surface area contributed by atoms with Gasteiger partial charge in [0.25, 0.3) is 0 Å². The zero-order valence-corrected chi connectivity index (χ0v) is 13.5. The standard InChI is InChI=1S/C14H20ClN3O4/c1-14(2,3)22-13(21)17-7-6-16-12(20)18-10-8-9(15)4-5-11(10)19/h4-5,8,19H,6-7H2,1-3H3,(H,17,21)(H2,16,18,20). The lowest BCUT2D eigenvalue weighted by atomic mass is 10.2. The van der Waals surface area contributed by atoms with Crippen molar-refractivity contribution in [1.82, 2.24) is 10.6 Å². The second-order valence-corrected chi connectivity index (χ2v) is 5.91. The van der Waals surface area contributed by atoms with Gasteiger partial charge in [-0.1, -0.05) is 11.6 Å². The lowest BCUT2D eigenvalue weighted by Gasteiger charge is -2.19. The first-order chi connectivity index (χ1) is 10.2. The molecule has 0 atom stereocenters. The minimum absolute atomic E-state index is 0.0913. The molecule has 22 heavy (non-hydrogen) atoms. The maximum atomic E-state index is 11.6. The third-order valence-electron chi connectivity index (χ3n) is 2.29. The fourth-order valence-electron chi connectivity index (χ4n) is 1.43. The van der Waals surface area contributed by atoms with Crippen molar-refractivity contribution in [3.05, 3.63) is 23.2 Å². The number of hydrogen-bond donors (Lipinski definition) is 4. The molecule has 0 unspecified atom stereocenters. The highest BCUT2D eigenvalue weighted by Gasteiger charge is 2.15. The van der Waals surface area contributed by atoms with Crippen LogP contribution < -0.4 is 16.0 Å². The largest absolute Gasteiger partial charge is 0.506 e. The number of nitrogens with one attached hydrogen (secondary N) is 3. The lowest BCUT2D eigenvalue weighted by Crippen LogP contribution is -2.39. The minimum Gasteiger partial charge on any atom is -0.506 e. The summed E-state index contributed by atoms with van der Waals surface area (Å²) < 4.78 is 5.04. The molecule has 4 N–H and O–H groups in total. The third kappa shape index (κ3) is 7.03. The molecule has 0 aliphatic rings. The number of urea groups is 1. The van der Waals surface area contributed by atoms with Gasteiger partial charge in [0.05, 0.1) is 5.69 Å². The van der Waals surface area contributed by atoms with E-state index in [1.807, 2.05) is 0 Å². The Morgan fingerprint density at radius 1 is 1.23 bits per heavy atom. The molecule has 8 heteroatoms. The van der Waals surface area contributed by atoms with E-state index >= 15 is 0 Å². The summed E-state index contributed by atoms with van der Waals surface area (Å²) in [5.74, 6) is -0.0913. The molecule has 3 amide bonds. The zero-order valence-electron chi connectivity index (χ0n) is 12.7. The first kappa shape index (κ1) is 17.9. The number of phenolic OH excluding ortho intramolecular Hbond substituents is 1. The van der Waals surface area contributed by atoms with Crippen LogP contribution in [0.2, 0.25) is 5.02 Å². The van der Waals surface area contributed by atoms with Gasteiger partial charge in [0.2, 0.25) is 0 Å². The van der Waals surface area contributed by atoms with Crippen LogP contribution in [-0.4, -0.2) is 35.9 Å². The van der Waals surface area contributed by atoms with Crippen LogP contribution in [-0.2, 0) is 4.74 Å². The highest BCUT2D eigenvalue weighted by atomic mass is 35.5. The Morgan fingerprint density at radius 2 is 1.86 bits per heavy atom. The molecule has 0 aromatic heterocycles. The SMILES string of the molecule is CC(C)(C)OC(=O)NCCNC(=O)Nc1cc(Cl)ccc1O. The maximum absolute atomic E-state index is 11.6. The normalized spacial score (nSPS) is 10.7. The van der Waals surface area contributed by atoms with Crippen LogP contribution >= 0.6 is 11.6 Å². The maximum Gasteiger partial charge on any atom is 0.407 e. The summed E-state index contributed by atoms with van der Waals surface area (Å²) in [5, 5.41) is 17.4. The third-order valence-corrected chi connectivity index (χ3v) is 2.52. The summed E-state index contributed by atoms with van der Waals surface area (Å²) in [4.78, 5) is 23.0. The summed E-state index contributed by atoms with van der Waals surface area (Å²) in [6.07, 6.45) is -0.554. The van der Waals surface area contributed by atoms with Crippen molar-refractivity contribution >= 4 is 29.4 Å². The van der Waals surface area contributed by atoms with Crippen molar-refractivity contribution in [2.45, 2.75) is 26.4 Å². The Kier molecular flexibility index (Phi) is 6.30. The van der Waals surface area contributed by atoms with Gasteiger partial charge in [-0.05, 0) is 39.0 Å². The highest BCUT2D eigenvalue weighted by Crippen LogP contribution is 2.26. The van der Waals surface area contributed by atoms with Gasteiger partial charge >= 0.3 is 12.1 Å². The molecule has 0 fully saturated rings. The molecule has 0 spiro atoms. The molecular weight excluding hydrogens is 310 g/mol. The lowest BCUT2D eigenvalue weighted by molar-refractivity contribution is 0.0528. The van der Waals surface area contributed by atoms with Gasteiger partial charge in [-0.3, -0.25) is 0 Å². The molecule has 0 saturated carbocycles. The molecule has 7 nitrogen and oxygen atoms in total. The van der Waals surface area contributed by atoms with Gasteiger partial charge in [-0.15, -0.1) is 0 Å². The minimum atomic E-state index is -0.570. The van der Waals surface area contributed by atoms with Crippen LogP contribution in [0.4, 0.5) is 15.3 Å². The number of anilines is 1. The van der Waals surface area contributed by atoms with Gasteiger partial charge in [0, 0.05) is 18.1 Å². The fourth-order valence-corrected chi connectivity index (χ4v) is 1.60. The van der Waals surface area contributed by atoms with Crippen molar-refractivity contribution < 1.29 is 19.4 Å². The average Bonchev–Trinajstić information content (AvgIpc) is 2.37. The number of rotatable bonds is 4. The summed E-state index contributed by atoms with van der Waals surface area (Å²) in [7, 11) is 0. The van der Waals surface area contributed by atoms with E-state index < -0.39 is 17.7 Å². The van der Waals surface area contributed by atoms with Gasteiger partial charge in [-0.25, -0.2) is 9.59 Å². The van der Waals surface area contributed by atoms with E-state index in [1.165, 1.54) is 18.2 Å². The first-order valence-corrected chi connectivity index (χ1v) is 7.05. The predicted molar refractivity (Wildman–Crippen MR) is 84.4 cm³/mol. The van der Waals surface area contributed by atoms with E-state index in [2.05, 4.69) is 16.0 Å². The van der Waals surface area contributed by atoms with Crippen molar-refractivity contribution in [1.29, 1.82) is 0 Å². The number of carbonyl (C=O) groups excluding carboxylic acids is 2. The van der Waals surface area contributed by atoms with E-state index in [4.69, 9.17) is 16.3 Å².